The summed E-state index contributed by atoms with van der Waals surface area (Å²) in [5, 5.41) is 20.2. The Bertz CT molecular complexity index is 900. The second-order valence-corrected chi connectivity index (χ2v) is 6.65. The molecule has 1 aromatic carbocycles. The number of benzene rings is 1. The molecule has 0 fully saturated rings. The van der Waals surface area contributed by atoms with Gasteiger partial charge in [0.2, 0.25) is 0 Å². The van der Waals surface area contributed by atoms with Crippen LogP contribution in [0.1, 0.15) is 40.0 Å². The highest BCUT2D eigenvalue weighted by Gasteiger charge is 2.46. The summed E-state index contributed by atoms with van der Waals surface area (Å²) >= 11 is 0. The van der Waals surface area contributed by atoms with Gasteiger partial charge in [-0.25, -0.2) is 0 Å². The van der Waals surface area contributed by atoms with Crippen LogP contribution < -0.4 is 0 Å². The van der Waals surface area contributed by atoms with Gasteiger partial charge < -0.3 is 14.6 Å². The maximum atomic E-state index is 12.9. The smallest absolute Gasteiger partial charge is 0.306 e. The molecule has 2 atom stereocenters. The monoisotopic (exact) mass is 416 g/mol. The number of aliphatic hydroxyl groups is 1. The van der Waals surface area contributed by atoms with Gasteiger partial charge in [0.15, 0.2) is 11.4 Å². The summed E-state index contributed by atoms with van der Waals surface area (Å²) in [4.78, 5) is 61.8. The highest BCUT2D eigenvalue weighted by molar-refractivity contribution is 6.22. The van der Waals surface area contributed by atoms with E-state index in [1.54, 1.807) is 18.2 Å². The molecule has 1 aromatic rings. The Morgan fingerprint density at radius 1 is 1.10 bits per heavy atom. The lowest BCUT2D eigenvalue weighted by Gasteiger charge is -2.29. The topological polar surface area (TPSA) is 151 Å². The van der Waals surface area contributed by atoms with E-state index in [-0.39, 0.29) is 11.1 Å². The van der Waals surface area contributed by atoms with Gasteiger partial charge in [0.05, 0.1) is 50.3 Å². The summed E-state index contributed by atoms with van der Waals surface area (Å²) in [6.07, 6.45) is -1.56. The van der Waals surface area contributed by atoms with E-state index >= 15 is 0 Å². The number of Topliss-reactive ketones (excluding diaryl/α,β-unsaturated/α-hetero) is 1. The normalized spacial score (nSPS) is 15.6. The molecule has 2 amide bonds. The number of hydrogen-bond acceptors (Lipinski definition) is 9. The van der Waals surface area contributed by atoms with Gasteiger partial charge in [0.1, 0.15) is 0 Å². The molecule has 2 unspecified atom stereocenters. The van der Waals surface area contributed by atoms with Crippen molar-refractivity contribution >= 4 is 29.5 Å². The quantitative estimate of drug-likeness (QED) is 0.339. The molecule has 10 nitrogen and oxygen atoms in total. The molecule has 158 valence electrons. The maximum Gasteiger partial charge on any atom is 0.306 e. The number of fused-ring (bicyclic) bond motifs is 1. The molecule has 0 aromatic heterocycles. The summed E-state index contributed by atoms with van der Waals surface area (Å²) in [5.41, 5.74) is -2.17. The predicted molar refractivity (Wildman–Crippen MR) is 98.8 cm³/mol. The summed E-state index contributed by atoms with van der Waals surface area (Å²) in [7, 11) is 2.18. The number of ether oxygens (including phenoxy) is 2. The van der Waals surface area contributed by atoms with Crippen LogP contribution in [0.5, 0.6) is 0 Å². The second kappa shape index (κ2) is 9.28. The van der Waals surface area contributed by atoms with Crippen LogP contribution in [-0.4, -0.2) is 65.9 Å². The van der Waals surface area contributed by atoms with Crippen LogP contribution in [0.3, 0.4) is 0 Å². The Kier molecular flexibility index (Phi) is 7.02. The van der Waals surface area contributed by atoms with E-state index in [9.17, 15) is 34.3 Å². The Hall–Kier alpha value is -3.58. The van der Waals surface area contributed by atoms with Gasteiger partial charge in [-0.05, 0) is 12.1 Å². The van der Waals surface area contributed by atoms with Crippen LogP contribution in [0.15, 0.2) is 24.3 Å². The van der Waals surface area contributed by atoms with Gasteiger partial charge in [0.25, 0.3) is 11.8 Å². The van der Waals surface area contributed by atoms with E-state index < -0.39 is 66.9 Å². The molecule has 10 heteroatoms. The van der Waals surface area contributed by atoms with Crippen molar-refractivity contribution in [2.45, 2.75) is 24.9 Å². The number of nitriles is 1. The van der Waals surface area contributed by atoms with Crippen LogP contribution in [0.25, 0.3) is 0 Å². The lowest BCUT2D eigenvalue weighted by atomic mass is 9.79. The van der Waals surface area contributed by atoms with Gasteiger partial charge in [-0.3, -0.25) is 28.9 Å². The number of hydrogen-bond donors (Lipinski definition) is 1. The van der Waals surface area contributed by atoms with Crippen molar-refractivity contribution in [1.82, 2.24) is 4.90 Å². The van der Waals surface area contributed by atoms with Crippen molar-refractivity contribution in [1.29, 1.82) is 5.26 Å². The molecule has 1 N–H and O–H groups in total. The number of imide groups is 1. The Balaban J connectivity index is 2.28. The largest absolute Gasteiger partial charge is 0.469 e. The molecule has 0 radical (unpaired) electrons. The Morgan fingerprint density at radius 3 is 2.10 bits per heavy atom. The van der Waals surface area contributed by atoms with Crippen LogP contribution in [-0.2, 0) is 23.9 Å². The van der Waals surface area contributed by atoms with E-state index in [2.05, 4.69) is 9.47 Å². The fourth-order valence-corrected chi connectivity index (χ4v) is 3.15. The molecular formula is C20H20N2O8. The fourth-order valence-electron chi connectivity index (χ4n) is 3.15. The zero-order chi connectivity index (χ0) is 22.5. The number of rotatable bonds is 9. The molecule has 1 aliphatic rings. The molecule has 1 heterocycles. The van der Waals surface area contributed by atoms with E-state index in [1.165, 1.54) is 12.1 Å². The zero-order valence-corrected chi connectivity index (χ0v) is 16.4. The minimum absolute atomic E-state index is 0.126. The summed E-state index contributed by atoms with van der Waals surface area (Å²) in [6, 6.07) is 7.57. The van der Waals surface area contributed by atoms with E-state index in [0.717, 1.165) is 14.2 Å². The van der Waals surface area contributed by atoms with Gasteiger partial charge >= 0.3 is 11.9 Å². The van der Waals surface area contributed by atoms with E-state index in [0.29, 0.717) is 4.90 Å². The molecule has 0 saturated carbocycles. The maximum absolute atomic E-state index is 12.9. The Labute approximate surface area is 172 Å². The van der Waals surface area contributed by atoms with Crippen LogP contribution in [0, 0.1) is 17.2 Å². The SMILES string of the molecule is COC(=O)CCC(O)(C#N)C(CC(=O)OC)C(=O)CN1C(=O)c2ccccc2C1=O. The average Bonchev–Trinajstić information content (AvgIpc) is 3.00. The van der Waals surface area contributed by atoms with Crippen molar-refractivity contribution in [3.05, 3.63) is 35.4 Å². The first-order valence-corrected chi connectivity index (χ1v) is 8.93. The van der Waals surface area contributed by atoms with E-state index in [1.807, 2.05) is 0 Å². The highest BCUT2D eigenvalue weighted by atomic mass is 16.5. The standard InChI is InChI=1S/C20H20N2O8/c1-29-16(24)7-8-20(28,11-21)14(9-17(25)30-2)15(23)10-22-18(26)12-5-3-4-6-13(12)19(22)27/h3-6,14,28H,7-10H2,1-2H3. The van der Waals surface area contributed by atoms with Crippen molar-refractivity contribution in [3.63, 3.8) is 0 Å². The van der Waals surface area contributed by atoms with Crippen LogP contribution in [0.4, 0.5) is 0 Å². The van der Waals surface area contributed by atoms with Crippen molar-refractivity contribution in [2.75, 3.05) is 20.8 Å². The van der Waals surface area contributed by atoms with Gasteiger partial charge in [-0.15, -0.1) is 0 Å². The van der Waals surface area contributed by atoms with Gasteiger partial charge in [0, 0.05) is 12.8 Å². The number of carbonyl (C=O) groups is 5. The number of ketones is 1. The Morgan fingerprint density at radius 2 is 1.63 bits per heavy atom. The summed E-state index contributed by atoms with van der Waals surface area (Å²) in [5.74, 6) is -5.55. The van der Waals surface area contributed by atoms with Crippen molar-refractivity contribution < 1.29 is 38.6 Å². The number of nitrogens with zero attached hydrogens (tertiary/aromatic N) is 2. The highest BCUT2D eigenvalue weighted by Crippen LogP contribution is 2.29. The fraction of sp³-hybridized carbons (Fsp3) is 0.400. The zero-order valence-electron chi connectivity index (χ0n) is 16.4. The lowest BCUT2D eigenvalue weighted by Crippen LogP contribution is -2.47. The number of methoxy groups -OCH3 is 2. The number of esters is 2. The molecule has 0 aliphatic carbocycles. The van der Waals surface area contributed by atoms with Gasteiger partial charge in [-0.2, -0.15) is 5.26 Å². The summed E-state index contributed by atoms with van der Waals surface area (Å²) < 4.78 is 9.00. The van der Waals surface area contributed by atoms with Gasteiger partial charge in [-0.1, -0.05) is 12.1 Å². The lowest BCUT2D eigenvalue weighted by molar-refractivity contribution is -0.149. The molecule has 0 saturated heterocycles. The molecule has 0 bridgehead atoms. The average molecular weight is 416 g/mol. The molecule has 30 heavy (non-hydrogen) atoms. The molecule has 1 aliphatic heterocycles. The van der Waals surface area contributed by atoms with E-state index in [4.69, 9.17) is 0 Å². The first kappa shape index (κ1) is 22.7. The first-order valence-electron chi connectivity index (χ1n) is 8.93. The third-order valence-electron chi connectivity index (χ3n) is 4.89. The third kappa shape index (κ3) is 4.52. The van der Waals surface area contributed by atoms with Crippen molar-refractivity contribution in [3.8, 4) is 6.07 Å². The number of carbonyl (C=O) groups excluding carboxylic acids is 5. The third-order valence-corrected chi connectivity index (χ3v) is 4.89. The van der Waals surface area contributed by atoms with Crippen molar-refractivity contribution in [2.24, 2.45) is 5.92 Å². The minimum atomic E-state index is -2.42. The number of amides is 2. The van der Waals surface area contributed by atoms with Crippen LogP contribution >= 0.6 is 0 Å². The first-order chi connectivity index (χ1) is 14.2. The van der Waals surface area contributed by atoms with Crippen LogP contribution in [0.2, 0.25) is 0 Å². The predicted octanol–water partition coefficient (Wildman–Crippen LogP) is 0.239. The molecular weight excluding hydrogens is 396 g/mol. The summed E-state index contributed by atoms with van der Waals surface area (Å²) in [6.45, 7) is -0.754. The second-order valence-electron chi connectivity index (χ2n) is 6.65. The molecule has 2 rings (SSSR count). The molecule has 0 spiro atoms. The minimum Gasteiger partial charge on any atom is -0.469 e.